The van der Waals surface area contributed by atoms with Crippen LogP contribution in [0.15, 0.2) is 36.4 Å². The van der Waals surface area contributed by atoms with E-state index >= 15 is 0 Å². The molecule has 0 bridgehead atoms. The lowest BCUT2D eigenvalue weighted by atomic mass is 10.0. The zero-order valence-corrected chi connectivity index (χ0v) is 17.5. The summed E-state index contributed by atoms with van der Waals surface area (Å²) in [5.41, 5.74) is 7.61. The van der Waals surface area contributed by atoms with Gasteiger partial charge in [0.25, 0.3) is 0 Å². The van der Waals surface area contributed by atoms with Crippen LogP contribution in [0.3, 0.4) is 0 Å². The summed E-state index contributed by atoms with van der Waals surface area (Å²) in [4.78, 5) is 15.8. The Morgan fingerprint density at radius 1 is 1.10 bits per heavy atom. The average molecular weight is 435 g/mol. The molecule has 3 rings (SSSR count). The van der Waals surface area contributed by atoms with E-state index in [9.17, 15) is 4.79 Å². The van der Waals surface area contributed by atoms with Crippen LogP contribution < -0.4 is 16.4 Å². The fourth-order valence-corrected chi connectivity index (χ4v) is 3.23. The van der Waals surface area contributed by atoms with Gasteiger partial charge < -0.3 is 15.8 Å². The summed E-state index contributed by atoms with van der Waals surface area (Å²) in [5.74, 6) is 0.501. The quantitative estimate of drug-likeness (QED) is 0.433. The van der Waals surface area contributed by atoms with E-state index in [2.05, 4.69) is 25.8 Å². The topological polar surface area (TPSA) is 118 Å². The lowest BCUT2D eigenvalue weighted by Crippen LogP contribution is -2.27. The number of rotatable bonds is 4. The molecule has 0 fully saturated rings. The van der Waals surface area contributed by atoms with Gasteiger partial charge in [-0.1, -0.05) is 35.3 Å². The number of hydrogen-bond donors (Lipinski definition) is 4. The maximum Gasteiger partial charge on any atom is 0.412 e. The van der Waals surface area contributed by atoms with Gasteiger partial charge in [0.2, 0.25) is 11.9 Å². The second-order valence-electron chi connectivity index (χ2n) is 7.19. The van der Waals surface area contributed by atoms with E-state index in [0.29, 0.717) is 32.9 Å². The van der Waals surface area contributed by atoms with Crippen molar-refractivity contribution in [3.05, 3.63) is 46.4 Å². The van der Waals surface area contributed by atoms with Gasteiger partial charge in [0.15, 0.2) is 0 Å². The average Bonchev–Trinajstić information content (AvgIpc) is 2.99. The molecule has 3 aromatic rings. The van der Waals surface area contributed by atoms with Crippen LogP contribution in [0, 0.1) is 0 Å². The molecule has 0 saturated carbocycles. The zero-order valence-electron chi connectivity index (χ0n) is 16.0. The highest BCUT2D eigenvalue weighted by atomic mass is 35.5. The largest absolute Gasteiger partial charge is 0.444 e. The lowest BCUT2D eigenvalue weighted by Gasteiger charge is -2.19. The molecule has 8 nitrogen and oxygen atoms in total. The van der Waals surface area contributed by atoms with Crippen LogP contribution in [-0.4, -0.2) is 26.9 Å². The number of halogens is 2. The zero-order chi connectivity index (χ0) is 21.2. The van der Waals surface area contributed by atoms with E-state index in [1.807, 2.05) is 12.1 Å². The Kier molecular flexibility index (Phi) is 5.86. The SMILES string of the molecule is CC(C)(C)OC(=O)Nc1ccc(-c2c(Cl)cc(Nc3n[nH]c(N)n3)cc2Cl)cc1. The molecule has 152 valence electrons. The Labute approximate surface area is 177 Å². The van der Waals surface area contributed by atoms with E-state index in [-0.39, 0.29) is 5.95 Å². The van der Waals surface area contributed by atoms with Gasteiger partial charge in [0.1, 0.15) is 5.60 Å². The molecular weight excluding hydrogens is 415 g/mol. The lowest BCUT2D eigenvalue weighted by molar-refractivity contribution is 0.0636. The third-order valence-electron chi connectivity index (χ3n) is 3.62. The van der Waals surface area contributed by atoms with Crippen LogP contribution in [-0.2, 0) is 4.74 Å². The van der Waals surface area contributed by atoms with Crippen LogP contribution in [0.2, 0.25) is 10.0 Å². The Hall–Kier alpha value is -2.97. The van der Waals surface area contributed by atoms with Crippen molar-refractivity contribution in [1.82, 2.24) is 15.2 Å². The van der Waals surface area contributed by atoms with Crippen molar-refractivity contribution in [2.24, 2.45) is 0 Å². The highest BCUT2D eigenvalue weighted by molar-refractivity contribution is 6.39. The minimum atomic E-state index is -0.571. The fourth-order valence-electron chi connectivity index (χ4n) is 2.52. The van der Waals surface area contributed by atoms with Crippen molar-refractivity contribution < 1.29 is 9.53 Å². The molecule has 0 aliphatic carbocycles. The first-order valence-corrected chi connectivity index (χ1v) is 9.41. The van der Waals surface area contributed by atoms with Gasteiger partial charge in [-0.15, -0.1) is 5.10 Å². The molecule has 1 amide bonds. The van der Waals surface area contributed by atoms with E-state index in [1.165, 1.54) is 0 Å². The smallest absolute Gasteiger partial charge is 0.412 e. The summed E-state index contributed by atoms with van der Waals surface area (Å²) in [6.45, 7) is 5.40. The molecule has 0 spiro atoms. The van der Waals surface area contributed by atoms with E-state index < -0.39 is 11.7 Å². The van der Waals surface area contributed by atoms with Gasteiger partial charge in [-0.3, -0.25) is 5.32 Å². The maximum atomic E-state index is 11.9. The molecule has 0 aliphatic heterocycles. The van der Waals surface area contributed by atoms with Crippen LogP contribution in [0.1, 0.15) is 20.8 Å². The molecule has 0 radical (unpaired) electrons. The molecule has 2 aromatic carbocycles. The van der Waals surface area contributed by atoms with Crippen molar-refractivity contribution >= 4 is 52.6 Å². The standard InChI is InChI=1S/C19H20Cl2N6O2/c1-19(2,3)29-18(28)24-11-6-4-10(5-7-11)15-13(20)8-12(9-14(15)21)23-17-25-16(22)26-27-17/h4-9H,1-3H3,(H,24,28)(H4,22,23,25,26,27). The van der Waals surface area contributed by atoms with Gasteiger partial charge in [0.05, 0.1) is 10.0 Å². The Morgan fingerprint density at radius 2 is 1.72 bits per heavy atom. The fraction of sp³-hybridized carbons (Fsp3) is 0.211. The number of anilines is 4. The summed E-state index contributed by atoms with van der Waals surface area (Å²) in [6, 6.07) is 10.5. The summed E-state index contributed by atoms with van der Waals surface area (Å²) in [7, 11) is 0. The van der Waals surface area contributed by atoms with Crippen molar-refractivity contribution in [1.29, 1.82) is 0 Å². The molecule has 5 N–H and O–H groups in total. The Bertz CT molecular complexity index is 1000. The van der Waals surface area contributed by atoms with E-state index in [0.717, 1.165) is 5.56 Å². The number of amides is 1. The predicted molar refractivity (Wildman–Crippen MR) is 116 cm³/mol. The van der Waals surface area contributed by atoms with Crippen LogP contribution in [0.4, 0.5) is 28.1 Å². The molecule has 29 heavy (non-hydrogen) atoms. The van der Waals surface area contributed by atoms with Gasteiger partial charge in [-0.2, -0.15) is 4.98 Å². The minimum Gasteiger partial charge on any atom is -0.444 e. The molecule has 10 heteroatoms. The first-order chi connectivity index (χ1) is 13.6. The van der Waals surface area contributed by atoms with Crippen LogP contribution in [0.25, 0.3) is 11.1 Å². The number of H-pyrrole nitrogens is 1. The van der Waals surface area contributed by atoms with Crippen molar-refractivity contribution in [3.63, 3.8) is 0 Å². The molecule has 0 atom stereocenters. The van der Waals surface area contributed by atoms with Crippen molar-refractivity contribution in [2.45, 2.75) is 26.4 Å². The van der Waals surface area contributed by atoms with Gasteiger partial charge >= 0.3 is 6.09 Å². The predicted octanol–water partition coefficient (Wildman–Crippen LogP) is 5.45. The first kappa shape index (κ1) is 20.8. The molecule has 1 aromatic heterocycles. The van der Waals surface area contributed by atoms with Crippen LogP contribution >= 0.6 is 23.2 Å². The third-order valence-corrected chi connectivity index (χ3v) is 4.22. The molecule has 0 saturated heterocycles. The maximum absolute atomic E-state index is 11.9. The summed E-state index contributed by atoms with van der Waals surface area (Å²) < 4.78 is 5.24. The molecular formula is C19H20Cl2N6O2. The number of nitrogen functional groups attached to an aromatic ring is 1. The number of nitrogens with two attached hydrogens (primary N) is 1. The number of aromatic amines is 1. The third kappa shape index (κ3) is 5.52. The first-order valence-electron chi connectivity index (χ1n) is 8.65. The number of aromatic nitrogens is 3. The highest BCUT2D eigenvalue weighted by Gasteiger charge is 2.16. The van der Waals surface area contributed by atoms with Crippen molar-refractivity contribution in [3.8, 4) is 11.1 Å². The second-order valence-corrected chi connectivity index (χ2v) is 8.00. The number of carbonyl (C=O) groups excluding carboxylic acids is 1. The molecule has 0 aliphatic rings. The molecule has 0 unspecified atom stereocenters. The van der Waals surface area contributed by atoms with Crippen LogP contribution in [0.5, 0.6) is 0 Å². The number of nitrogens with zero attached hydrogens (tertiary/aromatic N) is 2. The number of nitrogens with one attached hydrogen (secondary N) is 3. The number of benzene rings is 2. The van der Waals surface area contributed by atoms with E-state index in [1.54, 1.807) is 45.0 Å². The Morgan fingerprint density at radius 3 is 2.24 bits per heavy atom. The summed E-state index contributed by atoms with van der Waals surface area (Å²) in [5, 5.41) is 13.0. The number of ether oxygens (including phenoxy) is 1. The van der Waals surface area contributed by atoms with Gasteiger partial charge in [-0.05, 0) is 50.6 Å². The van der Waals surface area contributed by atoms with Gasteiger partial charge in [0, 0.05) is 16.9 Å². The normalized spacial score (nSPS) is 11.2. The molecule has 1 heterocycles. The second kappa shape index (κ2) is 8.18. The monoisotopic (exact) mass is 434 g/mol. The number of hydrogen-bond acceptors (Lipinski definition) is 6. The van der Waals surface area contributed by atoms with E-state index in [4.69, 9.17) is 33.7 Å². The highest BCUT2D eigenvalue weighted by Crippen LogP contribution is 2.38. The number of carbonyl (C=O) groups is 1. The summed E-state index contributed by atoms with van der Waals surface area (Å²) >= 11 is 12.9. The minimum absolute atomic E-state index is 0.196. The van der Waals surface area contributed by atoms with Crippen molar-refractivity contribution in [2.75, 3.05) is 16.4 Å². The Balaban J connectivity index is 1.77. The van der Waals surface area contributed by atoms with Gasteiger partial charge in [-0.25, -0.2) is 9.89 Å². The summed E-state index contributed by atoms with van der Waals surface area (Å²) in [6.07, 6.45) is -0.524.